The number of fused-ring (bicyclic) bond motifs is 1. The summed E-state index contributed by atoms with van der Waals surface area (Å²) in [6.45, 7) is 8.21. The molecule has 2 heterocycles. The highest BCUT2D eigenvalue weighted by atomic mass is 32.3. The first-order chi connectivity index (χ1) is 15.7. The van der Waals surface area contributed by atoms with Gasteiger partial charge in [-0.25, -0.2) is 18.0 Å². The fraction of sp³-hybridized carbons (Fsp3) is 0.650. The Labute approximate surface area is 203 Å². The number of carbonyl (C=O) groups is 2. The molecule has 0 aromatic carbocycles. The molecule has 1 aromatic rings. The predicted molar refractivity (Wildman–Crippen MR) is 125 cm³/mol. The van der Waals surface area contributed by atoms with Crippen molar-refractivity contribution in [1.29, 1.82) is 0 Å². The van der Waals surface area contributed by atoms with Crippen LogP contribution in [0.1, 0.15) is 52.6 Å². The van der Waals surface area contributed by atoms with E-state index in [0.717, 1.165) is 6.21 Å². The molecule has 0 radical (unpaired) electrons. The topological polar surface area (TPSA) is 154 Å². The lowest BCUT2D eigenvalue weighted by molar-refractivity contribution is -0.173. The van der Waals surface area contributed by atoms with Crippen LogP contribution in [-0.2, 0) is 43.7 Å². The number of sulfone groups is 1. The molecule has 0 bridgehead atoms. The van der Waals surface area contributed by atoms with Gasteiger partial charge in [0.15, 0.2) is 22.0 Å². The number of ether oxygens (including phenoxy) is 3. The first kappa shape index (κ1) is 28.4. The molecule has 11 nitrogen and oxygen atoms in total. The largest absolute Gasteiger partial charge is 0.454 e. The zero-order chi connectivity index (χ0) is 25.8. The predicted octanol–water partition coefficient (Wildman–Crippen LogP) is 1.62. The van der Waals surface area contributed by atoms with E-state index in [4.69, 9.17) is 14.2 Å². The highest BCUT2D eigenvalue weighted by molar-refractivity contribution is 7.96. The van der Waals surface area contributed by atoms with E-state index in [2.05, 4.69) is 9.71 Å². The van der Waals surface area contributed by atoms with E-state index in [9.17, 15) is 26.4 Å². The number of methoxy groups -OCH3 is 1. The fourth-order valence-electron chi connectivity index (χ4n) is 3.11. The zero-order valence-electron chi connectivity index (χ0n) is 19.8. The number of thiophene rings is 1. The molecule has 2 rings (SSSR count). The normalized spacial score (nSPS) is 22.5. The van der Waals surface area contributed by atoms with Gasteiger partial charge in [0.05, 0.1) is 11.5 Å². The summed E-state index contributed by atoms with van der Waals surface area (Å²) in [5.74, 6) is -1.65. The molecule has 34 heavy (non-hydrogen) atoms. The molecule has 0 fully saturated rings. The van der Waals surface area contributed by atoms with Crippen LogP contribution >= 0.6 is 11.3 Å². The van der Waals surface area contributed by atoms with Gasteiger partial charge < -0.3 is 19.5 Å². The van der Waals surface area contributed by atoms with Crippen LogP contribution in [0.5, 0.6) is 0 Å². The molecule has 0 spiro atoms. The molecule has 5 atom stereocenters. The lowest BCUT2D eigenvalue weighted by Gasteiger charge is -2.27. The van der Waals surface area contributed by atoms with Gasteiger partial charge in [-0.2, -0.15) is 12.8 Å². The maximum absolute atomic E-state index is 12.8. The molecule has 0 saturated heterocycles. The Kier molecular flexibility index (Phi) is 9.38. The molecule has 0 aliphatic carbocycles. The van der Waals surface area contributed by atoms with Crippen molar-refractivity contribution < 1.29 is 40.6 Å². The first-order valence-electron chi connectivity index (χ1n) is 10.6. The molecule has 14 heteroatoms. The summed E-state index contributed by atoms with van der Waals surface area (Å²) >= 11 is 0.658. The molecular weight excluding hydrogens is 508 g/mol. The lowest BCUT2D eigenvalue weighted by atomic mass is 10.1. The summed E-state index contributed by atoms with van der Waals surface area (Å²) in [6, 6.07) is 1.05. The van der Waals surface area contributed by atoms with Crippen molar-refractivity contribution in [3.8, 4) is 0 Å². The number of nitrogens with zero attached hydrogens (tertiary/aromatic N) is 1. The number of hydrogen-bond acceptors (Lipinski definition) is 11. The van der Waals surface area contributed by atoms with E-state index < -0.39 is 55.4 Å². The van der Waals surface area contributed by atoms with Gasteiger partial charge in [0, 0.05) is 18.7 Å². The van der Waals surface area contributed by atoms with Crippen molar-refractivity contribution in [2.24, 2.45) is 4.40 Å². The second-order valence-electron chi connectivity index (χ2n) is 7.84. The standard InChI is InChI=1S/C20H30N2O9S3/c1-7-21-16-8-12(3)33(25,26)20-15(16)9-17(32-20)34(27,28)22-10-11(2)30-19(24)14(5)31-18(23)13(4)29-6/h9-14,16,21H,7-8H2,1-6H3/t11?,12-,13?,14?,16-/m0/s1. The van der Waals surface area contributed by atoms with Gasteiger partial charge >= 0.3 is 11.9 Å². The Balaban J connectivity index is 2.16. The highest BCUT2D eigenvalue weighted by Gasteiger charge is 2.39. The van der Waals surface area contributed by atoms with E-state index in [0.29, 0.717) is 29.9 Å². The monoisotopic (exact) mass is 538 g/mol. The van der Waals surface area contributed by atoms with Crippen molar-refractivity contribution in [3.05, 3.63) is 11.6 Å². The van der Waals surface area contributed by atoms with Crippen LogP contribution in [0.2, 0.25) is 0 Å². The van der Waals surface area contributed by atoms with Crippen molar-refractivity contribution in [2.45, 2.75) is 79.1 Å². The number of hydrogen-bond donors (Lipinski definition) is 1. The van der Waals surface area contributed by atoms with Gasteiger partial charge in [-0.1, -0.05) is 6.92 Å². The average molecular weight is 539 g/mol. The van der Waals surface area contributed by atoms with E-state index in [1.54, 1.807) is 6.92 Å². The molecule has 1 aliphatic heterocycles. The Morgan fingerprint density at radius 1 is 1.24 bits per heavy atom. The molecule has 1 N–H and O–H groups in total. The Morgan fingerprint density at radius 2 is 1.85 bits per heavy atom. The Hall–Kier alpha value is -1.87. The van der Waals surface area contributed by atoms with Gasteiger partial charge in [-0.3, -0.25) is 0 Å². The zero-order valence-corrected chi connectivity index (χ0v) is 22.3. The summed E-state index contributed by atoms with van der Waals surface area (Å²) < 4.78 is 69.1. The lowest BCUT2D eigenvalue weighted by Crippen LogP contribution is -2.33. The first-order valence-corrected chi connectivity index (χ1v) is 14.4. The molecule has 192 valence electrons. The van der Waals surface area contributed by atoms with Crippen LogP contribution in [0.15, 0.2) is 18.9 Å². The van der Waals surface area contributed by atoms with Crippen LogP contribution in [0.25, 0.3) is 0 Å². The van der Waals surface area contributed by atoms with Crippen LogP contribution in [0.4, 0.5) is 0 Å². The molecule has 1 aromatic heterocycles. The molecular formula is C20H30N2O9S3. The van der Waals surface area contributed by atoms with Crippen LogP contribution in [-0.4, -0.2) is 72.2 Å². The smallest absolute Gasteiger partial charge is 0.347 e. The van der Waals surface area contributed by atoms with Gasteiger partial charge in [-0.05, 0) is 46.7 Å². The quantitative estimate of drug-likeness (QED) is 0.343. The van der Waals surface area contributed by atoms with E-state index in [1.807, 2.05) is 6.92 Å². The van der Waals surface area contributed by atoms with Crippen molar-refractivity contribution in [1.82, 2.24) is 5.32 Å². The van der Waals surface area contributed by atoms with Crippen molar-refractivity contribution >= 4 is 49.4 Å². The number of nitrogens with one attached hydrogen (secondary N) is 1. The third-order valence-electron chi connectivity index (χ3n) is 5.16. The van der Waals surface area contributed by atoms with Gasteiger partial charge in [0.1, 0.15) is 14.5 Å². The molecule has 3 unspecified atom stereocenters. The summed E-state index contributed by atoms with van der Waals surface area (Å²) in [5, 5.41) is 2.54. The highest BCUT2D eigenvalue weighted by Crippen LogP contribution is 2.43. The Bertz CT molecular complexity index is 1140. The number of sulfonamides is 1. The third-order valence-corrected chi connectivity index (χ3v) is 10.8. The minimum atomic E-state index is -4.24. The molecule has 0 saturated carbocycles. The van der Waals surface area contributed by atoms with E-state index >= 15 is 0 Å². The molecule has 0 amide bonds. The maximum atomic E-state index is 12.8. The van der Waals surface area contributed by atoms with Crippen LogP contribution in [0.3, 0.4) is 0 Å². The van der Waals surface area contributed by atoms with E-state index in [1.165, 1.54) is 33.9 Å². The second kappa shape index (κ2) is 11.2. The maximum Gasteiger partial charge on any atom is 0.347 e. The number of carbonyl (C=O) groups excluding carboxylic acids is 2. The fourth-order valence-corrected chi connectivity index (χ4v) is 8.03. The second-order valence-corrected chi connectivity index (χ2v) is 13.3. The summed E-state index contributed by atoms with van der Waals surface area (Å²) in [5.41, 5.74) is 0.416. The third kappa shape index (κ3) is 6.42. The van der Waals surface area contributed by atoms with Crippen LogP contribution in [0, 0.1) is 0 Å². The minimum Gasteiger partial charge on any atom is -0.454 e. The van der Waals surface area contributed by atoms with Gasteiger partial charge in [0.2, 0.25) is 0 Å². The van der Waals surface area contributed by atoms with Crippen molar-refractivity contribution in [2.75, 3.05) is 13.7 Å². The van der Waals surface area contributed by atoms with Crippen LogP contribution < -0.4 is 5.32 Å². The number of esters is 2. The summed E-state index contributed by atoms with van der Waals surface area (Å²) in [7, 11) is -6.57. The van der Waals surface area contributed by atoms with Gasteiger partial charge in [-0.15, -0.1) is 11.3 Å². The Morgan fingerprint density at radius 3 is 2.44 bits per heavy atom. The van der Waals surface area contributed by atoms with Gasteiger partial charge in [0.25, 0.3) is 10.0 Å². The summed E-state index contributed by atoms with van der Waals surface area (Å²) in [4.78, 5) is 23.8. The van der Waals surface area contributed by atoms with Crippen molar-refractivity contribution in [3.63, 3.8) is 0 Å². The number of rotatable bonds is 10. The minimum absolute atomic E-state index is 0.0198. The van der Waals surface area contributed by atoms with E-state index in [-0.39, 0.29) is 14.5 Å². The SMILES string of the molecule is CCN[C@H]1C[C@H](C)S(=O)(=O)c2sc(S(=O)(=O)N=CC(C)OC(=O)C(C)OC(=O)C(C)OC)cc21. The summed E-state index contributed by atoms with van der Waals surface area (Å²) in [6.07, 6.45) is -1.92. The molecule has 1 aliphatic rings. The average Bonchev–Trinajstić information content (AvgIpc) is 3.23.